The number of carbonyl (C=O) groups is 1. The van der Waals surface area contributed by atoms with Crippen LogP contribution < -0.4 is 4.74 Å². The summed E-state index contributed by atoms with van der Waals surface area (Å²) >= 11 is 0. The molecular weight excluding hydrogens is 452 g/mol. The molecule has 3 aliphatic rings. The van der Waals surface area contributed by atoms with Crippen LogP contribution >= 0.6 is 0 Å². The molecule has 2 aromatic heterocycles. The lowest BCUT2D eigenvalue weighted by atomic mass is 9.90. The summed E-state index contributed by atoms with van der Waals surface area (Å²) in [6, 6.07) is 6.63. The lowest BCUT2D eigenvalue weighted by Gasteiger charge is -2.26. The number of aromatic nitrogens is 4. The monoisotopic (exact) mass is 486 g/mol. The highest BCUT2D eigenvalue weighted by Gasteiger charge is 2.37. The third-order valence-electron chi connectivity index (χ3n) is 8.06. The second-order valence-corrected chi connectivity index (χ2v) is 10.1. The van der Waals surface area contributed by atoms with Gasteiger partial charge in [-0.05, 0) is 68.5 Å². The molecule has 1 aliphatic heterocycles. The minimum Gasteiger partial charge on any atom is -0.497 e. The number of carbonyl (C=O) groups excluding carboxylic acids is 1. The molecule has 1 aromatic carbocycles. The third kappa shape index (κ3) is 3.97. The molecule has 1 saturated heterocycles. The van der Waals surface area contributed by atoms with Gasteiger partial charge in [0.05, 0.1) is 30.3 Å². The van der Waals surface area contributed by atoms with Crippen LogP contribution in [0.4, 0.5) is 0 Å². The molecule has 2 aliphatic carbocycles. The van der Waals surface area contributed by atoms with E-state index in [1.165, 1.54) is 5.56 Å². The molecule has 0 radical (unpaired) electrons. The first kappa shape index (κ1) is 23.2. The van der Waals surface area contributed by atoms with Crippen molar-refractivity contribution in [2.45, 2.75) is 57.9 Å². The second kappa shape index (κ2) is 9.32. The van der Waals surface area contributed by atoms with Crippen molar-refractivity contribution >= 4 is 5.91 Å². The van der Waals surface area contributed by atoms with Crippen molar-refractivity contribution in [1.82, 2.24) is 29.5 Å². The Morgan fingerprint density at radius 3 is 2.67 bits per heavy atom. The lowest BCUT2D eigenvalue weighted by Crippen LogP contribution is -2.38. The van der Waals surface area contributed by atoms with Crippen molar-refractivity contribution in [3.8, 4) is 23.0 Å². The van der Waals surface area contributed by atoms with Crippen LogP contribution in [0.15, 0.2) is 30.6 Å². The Labute approximate surface area is 212 Å². The molecule has 0 spiro atoms. The fraction of sp³-hybridized carbons (Fsp3) is 0.500. The molecule has 8 nitrogen and oxygen atoms in total. The number of methoxy groups -OCH3 is 1. The van der Waals surface area contributed by atoms with Gasteiger partial charge >= 0.3 is 0 Å². The van der Waals surface area contributed by atoms with Gasteiger partial charge in [-0.2, -0.15) is 5.10 Å². The topological polar surface area (TPSA) is 76.4 Å². The Kier molecular flexibility index (Phi) is 5.99. The van der Waals surface area contributed by atoms with Crippen molar-refractivity contribution in [3.05, 3.63) is 53.0 Å². The van der Waals surface area contributed by atoms with Crippen molar-refractivity contribution in [2.75, 3.05) is 33.3 Å². The molecule has 1 amide bonds. The van der Waals surface area contributed by atoms with E-state index in [0.717, 1.165) is 86.5 Å². The highest BCUT2D eigenvalue weighted by Crippen LogP contribution is 2.43. The fourth-order valence-corrected chi connectivity index (χ4v) is 5.87. The van der Waals surface area contributed by atoms with E-state index >= 15 is 0 Å². The predicted molar refractivity (Wildman–Crippen MR) is 138 cm³/mol. The van der Waals surface area contributed by atoms with E-state index in [1.807, 2.05) is 21.8 Å². The largest absolute Gasteiger partial charge is 0.497 e. The number of rotatable bonds is 7. The molecule has 1 saturated carbocycles. The zero-order valence-corrected chi connectivity index (χ0v) is 21.4. The van der Waals surface area contributed by atoms with Crippen molar-refractivity contribution in [3.63, 3.8) is 0 Å². The summed E-state index contributed by atoms with van der Waals surface area (Å²) < 4.78 is 7.29. The average molecular weight is 487 g/mol. The van der Waals surface area contributed by atoms with E-state index in [4.69, 9.17) is 14.7 Å². The maximum absolute atomic E-state index is 13.7. The molecule has 1 atom stereocenters. The average Bonchev–Trinajstić information content (AvgIpc) is 3.47. The Bertz CT molecular complexity index is 1290. The summed E-state index contributed by atoms with van der Waals surface area (Å²) in [4.78, 5) is 27.8. The summed E-state index contributed by atoms with van der Waals surface area (Å²) in [5, 5.41) is 4.67. The van der Waals surface area contributed by atoms with E-state index in [9.17, 15) is 4.79 Å². The molecule has 0 unspecified atom stereocenters. The number of aryl methyl sites for hydroxylation is 2. The van der Waals surface area contributed by atoms with Gasteiger partial charge in [0.15, 0.2) is 0 Å². The first-order valence-electron chi connectivity index (χ1n) is 13.3. The van der Waals surface area contributed by atoms with E-state index < -0.39 is 0 Å². The predicted octanol–water partition coefficient (Wildman–Crippen LogP) is 3.87. The maximum Gasteiger partial charge on any atom is 0.257 e. The van der Waals surface area contributed by atoms with Gasteiger partial charge in [-0.25, -0.2) is 14.6 Å². The van der Waals surface area contributed by atoms with Gasteiger partial charge in [0, 0.05) is 36.8 Å². The molecule has 0 bridgehead atoms. The van der Waals surface area contributed by atoms with Gasteiger partial charge < -0.3 is 9.64 Å². The smallest absolute Gasteiger partial charge is 0.257 e. The quantitative estimate of drug-likeness (QED) is 0.505. The minimum atomic E-state index is 0.0887. The summed E-state index contributed by atoms with van der Waals surface area (Å²) in [5.41, 5.74) is 6.11. The van der Waals surface area contributed by atoms with Gasteiger partial charge in [-0.1, -0.05) is 19.9 Å². The summed E-state index contributed by atoms with van der Waals surface area (Å²) in [5.74, 6) is 1.78. The van der Waals surface area contributed by atoms with Gasteiger partial charge in [-0.3, -0.25) is 9.69 Å². The normalized spacial score (nSPS) is 18.9. The molecule has 3 aromatic rings. The van der Waals surface area contributed by atoms with E-state index in [1.54, 1.807) is 13.3 Å². The number of ether oxygens (including phenoxy) is 1. The Morgan fingerprint density at radius 1 is 1.11 bits per heavy atom. The third-order valence-corrected chi connectivity index (χ3v) is 8.06. The number of amides is 1. The summed E-state index contributed by atoms with van der Waals surface area (Å²) in [7, 11) is 1.69. The number of likely N-dealkylation sites (tertiary alicyclic amines) is 1. The molecule has 2 fully saturated rings. The number of nitrogens with zero attached hydrogens (tertiary/aromatic N) is 6. The first-order chi connectivity index (χ1) is 17.6. The Hall–Kier alpha value is -3.26. The fourth-order valence-electron chi connectivity index (χ4n) is 5.87. The molecule has 36 heavy (non-hydrogen) atoms. The SMILES string of the molecule is CCN(CC)[C@@H]1CCN(C(=O)c2cnn(-c3ncc4c(n3)-c3cc(OC)ccc3CC4)c2C2CC2)C1. The van der Waals surface area contributed by atoms with Crippen LogP contribution in [0.3, 0.4) is 0 Å². The number of likely N-dealkylation sites (N-methyl/N-ethyl adjacent to an activating group) is 1. The minimum absolute atomic E-state index is 0.0887. The highest BCUT2D eigenvalue weighted by atomic mass is 16.5. The molecule has 3 heterocycles. The number of hydrogen-bond donors (Lipinski definition) is 0. The van der Waals surface area contributed by atoms with E-state index in [-0.39, 0.29) is 5.91 Å². The van der Waals surface area contributed by atoms with Gasteiger partial charge in [-0.15, -0.1) is 0 Å². The maximum atomic E-state index is 13.7. The van der Waals surface area contributed by atoms with Gasteiger partial charge in [0.2, 0.25) is 0 Å². The second-order valence-electron chi connectivity index (χ2n) is 10.1. The number of hydrogen-bond acceptors (Lipinski definition) is 6. The summed E-state index contributed by atoms with van der Waals surface area (Å²) in [6.45, 7) is 7.98. The van der Waals surface area contributed by atoms with Crippen molar-refractivity contribution in [1.29, 1.82) is 0 Å². The molecule has 0 N–H and O–H groups in total. The van der Waals surface area contributed by atoms with Crippen molar-refractivity contribution in [2.24, 2.45) is 0 Å². The molecule has 8 heteroatoms. The molecule has 6 rings (SSSR count). The van der Waals surface area contributed by atoms with E-state index in [0.29, 0.717) is 23.5 Å². The van der Waals surface area contributed by atoms with Gasteiger partial charge in [0.25, 0.3) is 11.9 Å². The van der Waals surface area contributed by atoms with Crippen LogP contribution in [0.5, 0.6) is 5.75 Å². The first-order valence-corrected chi connectivity index (χ1v) is 13.3. The van der Waals surface area contributed by atoms with Crippen LogP contribution in [0.1, 0.15) is 66.2 Å². The zero-order chi connectivity index (χ0) is 24.8. The summed E-state index contributed by atoms with van der Waals surface area (Å²) in [6.07, 6.45) is 8.70. The molecular formula is C28H34N6O2. The van der Waals surface area contributed by atoms with Crippen LogP contribution in [-0.2, 0) is 12.8 Å². The molecule has 188 valence electrons. The van der Waals surface area contributed by atoms with Crippen LogP contribution in [-0.4, -0.2) is 74.8 Å². The highest BCUT2D eigenvalue weighted by molar-refractivity contribution is 5.95. The van der Waals surface area contributed by atoms with Crippen LogP contribution in [0, 0.1) is 0 Å². The van der Waals surface area contributed by atoms with Crippen LogP contribution in [0.25, 0.3) is 17.2 Å². The lowest BCUT2D eigenvalue weighted by molar-refractivity contribution is 0.0776. The Balaban J connectivity index is 1.34. The Morgan fingerprint density at radius 2 is 1.92 bits per heavy atom. The van der Waals surface area contributed by atoms with E-state index in [2.05, 4.69) is 36.0 Å². The van der Waals surface area contributed by atoms with Gasteiger partial charge in [0.1, 0.15) is 5.75 Å². The zero-order valence-electron chi connectivity index (χ0n) is 21.4. The number of fused-ring (bicyclic) bond motifs is 3. The standard InChI is InChI=1S/C28H34N6O2/c1-4-32(5-2)21-12-13-33(17-21)27(35)24-16-30-34(26(24)19-7-8-19)28-29-15-20-9-6-18-10-11-22(36-3)14-23(18)25(20)31-28/h10-11,14-16,19,21H,4-9,12-13,17H2,1-3H3/t21-/m1/s1. The van der Waals surface area contributed by atoms with Crippen molar-refractivity contribution < 1.29 is 9.53 Å². The van der Waals surface area contributed by atoms with Crippen LogP contribution in [0.2, 0.25) is 0 Å². The number of benzene rings is 1.